The SMILES string of the molecule is CCCCCCCCCCCCCCCCOC1CC(O)CCO1. The van der Waals surface area contributed by atoms with Gasteiger partial charge in [0.15, 0.2) is 6.29 Å². The lowest BCUT2D eigenvalue weighted by Gasteiger charge is -2.26. The highest BCUT2D eigenvalue weighted by Gasteiger charge is 2.20. The predicted octanol–water partition coefficient (Wildman–Crippen LogP) is 5.98. The summed E-state index contributed by atoms with van der Waals surface area (Å²) in [6.07, 6.45) is 20.3. The van der Waals surface area contributed by atoms with Gasteiger partial charge in [-0.1, -0.05) is 90.4 Å². The molecule has 0 spiro atoms. The molecule has 0 aromatic rings. The van der Waals surface area contributed by atoms with Crippen molar-refractivity contribution in [3.05, 3.63) is 0 Å². The zero-order chi connectivity index (χ0) is 17.3. The first-order valence-electron chi connectivity index (χ1n) is 10.7. The van der Waals surface area contributed by atoms with Gasteiger partial charge < -0.3 is 14.6 Å². The Balaban J connectivity index is 1.70. The molecule has 0 amide bonds. The summed E-state index contributed by atoms with van der Waals surface area (Å²) >= 11 is 0. The summed E-state index contributed by atoms with van der Waals surface area (Å²) < 4.78 is 11.2. The number of rotatable bonds is 16. The second-order valence-corrected chi connectivity index (χ2v) is 7.45. The predicted molar refractivity (Wildman–Crippen MR) is 101 cm³/mol. The largest absolute Gasteiger partial charge is 0.393 e. The van der Waals surface area contributed by atoms with Crippen LogP contribution in [0.4, 0.5) is 0 Å². The first kappa shape index (κ1) is 21.9. The quantitative estimate of drug-likeness (QED) is 0.351. The van der Waals surface area contributed by atoms with Gasteiger partial charge in [0, 0.05) is 13.0 Å². The number of unbranched alkanes of at least 4 members (excludes halogenated alkanes) is 13. The van der Waals surface area contributed by atoms with E-state index in [0.717, 1.165) is 19.4 Å². The van der Waals surface area contributed by atoms with E-state index in [-0.39, 0.29) is 12.4 Å². The number of ether oxygens (including phenoxy) is 2. The summed E-state index contributed by atoms with van der Waals surface area (Å²) in [6, 6.07) is 0. The van der Waals surface area contributed by atoms with Crippen molar-refractivity contribution < 1.29 is 14.6 Å². The van der Waals surface area contributed by atoms with E-state index < -0.39 is 0 Å². The van der Waals surface area contributed by atoms with E-state index >= 15 is 0 Å². The highest BCUT2D eigenvalue weighted by Crippen LogP contribution is 2.16. The van der Waals surface area contributed by atoms with Crippen LogP contribution in [0.3, 0.4) is 0 Å². The maximum absolute atomic E-state index is 9.55. The minimum Gasteiger partial charge on any atom is -0.393 e. The molecule has 2 unspecified atom stereocenters. The van der Waals surface area contributed by atoms with Crippen molar-refractivity contribution in [1.82, 2.24) is 0 Å². The first-order valence-corrected chi connectivity index (χ1v) is 10.7. The summed E-state index contributed by atoms with van der Waals surface area (Å²) in [6.45, 7) is 3.68. The van der Waals surface area contributed by atoms with Crippen LogP contribution in [0.5, 0.6) is 0 Å². The molecule has 24 heavy (non-hydrogen) atoms. The van der Waals surface area contributed by atoms with Crippen molar-refractivity contribution in [3.8, 4) is 0 Å². The molecule has 0 aromatic heterocycles. The van der Waals surface area contributed by atoms with E-state index in [4.69, 9.17) is 9.47 Å². The molecule has 0 bridgehead atoms. The van der Waals surface area contributed by atoms with Gasteiger partial charge in [0.05, 0.1) is 12.7 Å². The highest BCUT2D eigenvalue weighted by molar-refractivity contribution is 4.63. The van der Waals surface area contributed by atoms with Gasteiger partial charge in [0.2, 0.25) is 0 Å². The molecule has 144 valence electrons. The molecule has 0 aliphatic carbocycles. The van der Waals surface area contributed by atoms with Gasteiger partial charge in [-0.3, -0.25) is 0 Å². The van der Waals surface area contributed by atoms with Crippen LogP contribution in [0.1, 0.15) is 110 Å². The summed E-state index contributed by atoms with van der Waals surface area (Å²) in [5.74, 6) is 0. The minimum atomic E-state index is -0.236. The fourth-order valence-electron chi connectivity index (χ4n) is 3.37. The van der Waals surface area contributed by atoms with Crippen molar-refractivity contribution in [1.29, 1.82) is 0 Å². The van der Waals surface area contributed by atoms with E-state index in [2.05, 4.69) is 6.92 Å². The van der Waals surface area contributed by atoms with Crippen molar-refractivity contribution in [2.75, 3.05) is 13.2 Å². The zero-order valence-corrected chi connectivity index (χ0v) is 16.1. The molecule has 1 aliphatic rings. The molecule has 1 aliphatic heterocycles. The lowest BCUT2D eigenvalue weighted by atomic mass is 10.0. The van der Waals surface area contributed by atoms with Gasteiger partial charge in [-0.05, 0) is 12.8 Å². The van der Waals surface area contributed by atoms with E-state index in [1.165, 1.54) is 83.5 Å². The maximum atomic E-state index is 9.55. The average Bonchev–Trinajstić information content (AvgIpc) is 2.58. The molecule has 1 saturated heterocycles. The molecule has 2 atom stereocenters. The Morgan fingerprint density at radius 1 is 0.792 bits per heavy atom. The van der Waals surface area contributed by atoms with Crippen molar-refractivity contribution >= 4 is 0 Å². The molecule has 0 saturated carbocycles. The second kappa shape index (κ2) is 16.4. The molecule has 3 nitrogen and oxygen atoms in total. The van der Waals surface area contributed by atoms with Crippen molar-refractivity contribution in [3.63, 3.8) is 0 Å². The Kier molecular flexibility index (Phi) is 14.9. The molecule has 1 rings (SSSR count). The van der Waals surface area contributed by atoms with Crippen molar-refractivity contribution in [2.24, 2.45) is 0 Å². The molecule has 0 aromatic carbocycles. The van der Waals surface area contributed by atoms with Gasteiger partial charge >= 0.3 is 0 Å². The Bertz CT molecular complexity index is 257. The van der Waals surface area contributed by atoms with Crippen LogP contribution in [-0.2, 0) is 9.47 Å². The van der Waals surface area contributed by atoms with E-state index in [0.29, 0.717) is 13.0 Å². The third-order valence-corrected chi connectivity index (χ3v) is 5.02. The van der Waals surface area contributed by atoms with E-state index in [1.54, 1.807) is 0 Å². The fraction of sp³-hybridized carbons (Fsp3) is 1.00. The van der Waals surface area contributed by atoms with Gasteiger partial charge in [-0.25, -0.2) is 0 Å². The highest BCUT2D eigenvalue weighted by atomic mass is 16.7. The molecular formula is C21H42O3. The first-order chi connectivity index (χ1) is 11.8. The molecule has 1 heterocycles. The number of aliphatic hydroxyl groups excluding tert-OH is 1. The lowest BCUT2D eigenvalue weighted by Crippen LogP contribution is -2.31. The standard InChI is InChI=1S/C21H42O3/c1-2-3-4-5-6-7-8-9-10-11-12-13-14-15-17-23-21-19-20(22)16-18-24-21/h20-22H,2-19H2,1H3. The van der Waals surface area contributed by atoms with Crippen LogP contribution in [-0.4, -0.2) is 30.7 Å². The third kappa shape index (κ3) is 13.2. The van der Waals surface area contributed by atoms with Gasteiger partial charge in [-0.2, -0.15) is 0 Å². The van der Waals surface area contributed by atoms with Gasteiger partial charge in [-0.15, -0.1) is 0 Å². The van der Waals surface area contributed by atoms with Crippen LogP contribution in [0, 0.1) is 0 Å². The molecular weight excluding hydrogens is 300 g/mol. The minimum absolute atomic E-state index is 0.171. The Labute approximate surface area is 150 Å². The second-order valence-electron chi connectivity index (χ2n) is 7.45. The van der Waals surface area contributed by atoms with E-state index in [1.807, 2.05) is 0 Å². The summed E-state index contributed by atoms with van der Waals surface area (Å²) in [4.78, 5) is 0. The fourth-order valence-corrected chi connectivity index (χ4v) is 3.37. The molecule has 1 fully saturated rings. The van der Waals surface area contributed by atoms with Crippen LogP contribution in [0.2, 0.25) is 0 Å². The van der Waals surface area contributed by atoms with E-state index in [9.17, 15) is 5.11 Å². The van der Waals surface area contributed by atoms with Crippen LogP contribution in [0.25, 0.3) is 0 Å². The Morgan fingerprint density at radius 2 is 1.29 bits per heavy atom. The summed E-state index contributed by atoms with van der Waals surface area (Å²) in [7, 11) is 0. The van der Waals surface area contributed by atoms with Crippen LogP contribution in [0.15, 0.2) is 0 Å². The van der Waals surface area contributed by atoms with Crippen molar-refractivity contribution in [2.45, 2.75) is 122 Å². The number of hydrogen-bond acceptors (Lipinski definition) is 3. The topological polar surface area (TPSA) is 38.7 Å². The average molecular weight is 343 g/mol. The lowest BCUT2D eigenvalue weighted by molar-refractivity contribution is -0.184. The molecule has 0 radical (unpaired) electrons. The Morgan fingerprint density at radius 3 is 1.79 bits per heavy atom. The smallest absolute Gasteiger partial charge is 0.160 e. The normalized spacial score (nSPS) is 21.2. The van der Waals surface area contributed by atoms with Gasteiger partial charge in [0.25, 0.3) is 0 Å². The van der Waals surface area contributed by atoms with Crippen LogP contribution >= 0.6 is 0 Å². The van der Waals surface area contributed by atoms with Crippen LogP contribution < -0.4 is 0 Å². The maximum Gasteiger partial charge on any atom is 0.160 e. The molecule has 3 heteroatoms. The number of hydrogen-bond donors (Lipinski definition) is 1. The summed E-state index contributed by atoms with van der Waals surface area (Å²) in [5.41, 5.74) is 0. The summed E-state index contributed by atoms with van der Waals surface area (Å²) in [5, 5.41) is 9.55. The zero-order valence-electron chi connectivity index (χ0n) is 16.1. The third-order valence-electron chi connectivity index (χ3n) is 5.02. The monoisotopic (exact) mass is 342 g/mol. The Hall–Kier alpha value is -0.120. The number of aliphatic hydroxyl groups is 1. The molecule has 1 N–H and O–H groups in total. The van der Waals surface area contributed by atoms with Gasteiger partial charge in [0.1, 0.15) is 0 Å².